The summed E-state index contributed by atoms with van der Waals surface area (Å²) in [5.41, 5.74) is 1.10. The van der Waals surface area contributed by atoms with E-state index in [1.165, 1.54) is 19.3 Å². The molecule has 1 aliphatic rings. The summed E-state index contributed by atoms with van der Waals surface area (Å²) < 4.78 is 0. The third kappa shape index (κ3) is 4.78. The highest BCUT2D eigenvalue weighted by atomic mass is 32.1. The van der Waals surface area contributed by atoms with Crippen molar-refractivity contribution < 1.29 is 4.79 Å². The van der Waals surface area contributed by atoms with Crippen molar-refractivity contribution in [2.75, 3.05) is 24.5 Å². The van der Waals surface area contributed by atoms with Gasteiger partial charge in [-0.1, -0.05) is 13.3 Å². The minimum Gasteiger partial charge on any atom is -0.356 e. The van der Waals surface area contributed by atoms with Gasteiger partial charge in [0.15, 0.2) is 5.13 Å². The summed E-state index contributed by atoms with van der Waals surface area (Å²) >= 11 is 1.73. The highest BCUT2D eigenvalue weighted by molar-refractivity contribution is 7.13. The zero-order valence-electron chi connectivity index (χ0n) is 12.4. The van der Waals surface area contributed by atoms with Gasteiger partial charge in [0.2, 0.25) is 5.91 Å². The van der Waals surface area contributed by atoms with Crippen LogP contribution in [-0.2, 0) is 11.2 Å². The number of carbonyl (C=O) groups excluding carboxylic acids is 1. The smallest absolute Gasteiger partial charge is 0.220 e. The van der Waals surface area contributed by atoms with E-state index in [-0.39, 0.29) is 5.91 Å². The van der Waals surface area contributed by atoms with Crippen LogP contribution in [-0.4, -0.2) is 30.5 Å². The monoisotopic (exact) mass is 295 g/mol. The Kier molecular flexibility index (Phi) is 6.30. The lowest BCUT2D eigenvalue weighted by Crippen LogP contribution is -2.29. The minimum atomic E-state index is 0.165. The quantitative estimate of drug-likeness (QED) is 0.841. The van der Waals surface area contributed by atoms with Gasteiger partial charge in [0.05, 0.1) is 5.69 Å². The van der Waals surface area contributed by atoms with Crippen LogP contribution in [0, 0.1) is 0 Å². The Bertz CT molecular complexity index is 413. The molecule has 1 amide bonds. The van der Waals surface area contributed by atoms with E-state index in [0.29, 0.717) is 13.0 Å². The second-order valence-electron chi connectivity index (χ2n) is 5.37. The number of aromatic nitrogens is 1. The summed E-state index contributed by atoms with van der Waals surface area (Å²) in [6, 6.07) is 0. The van der Waals surface area contributed by atoms with Crippen LogP contribution in [0.3, 0.4) is 0 Å². The number of anilines is 1. The molecule has 0 atom stereocenters. The maximum absolute atomic E-state index is 11.5. The standard InChI is InChI=1S/C15H25N3OS/c1-2-3-7-14(19)16-9-8-13-12-20-15(17-13)18-10-5-4-6-11-18/h12H,2-11H2,1H3,(H,16,19). The number of hydrogen-bond donors (Lipinski definition) is 1. The summed E-state index contributed by atoms with van der Waals surface area (Å²) in [5.74, 6) is 0.165. The van der Waals surface area contributed by atoms with Crippen LogP contribution in [0.5, 0.6) is 0 Å². The molecule has 0 aromatic carbocycles. The zero-order valence-corrected chi connectivity index (χ0v) is 13.2. The molecule has 1 aliphatic heterocycles. The number of hydrogen-bond acceptors (Lipinski definition) is 4. The Hall–Kier alpha value is -1.10. The average molecular weight is 295 g/mol. The van der Waals surface area contributed by atoms with E-state index in [2.05, 4.69) is 27.5 Å². The molecule has 2 heterocycles. The van der Waals surface area contributed by atoms with Crippen molar-refractivity contribution in [2.45, 2.75) is 51.9 Å². The number of piperidine rings is 1. The lowest BCUT2D eigenvalue weighted by Gasteiger charge is -2.25. The summed E-state index contributed by atoms with van der Waals surface area (Å²) in [4.78, 5) is 18.6. The van der Waals surface area contributed by atoms with Gasteiger partial charge in [0, 0.05) is 37.9 Å². The summed E-state index contributed by atoms with van der Waals surface area (Å²) in [7, 11) is 0. The first-order valence-corrected chi connectivity index (χ1v) is 8.63. The normalized spacial score (nSPS) is 15.3. The molecule has 1 N–H and O–H groups in total. The largest absolute Gasteiger partial charge is 0.356 e. The van der Waals surface area contributed by atoms with Crippen LogP contribution in [0.2, 0.25) is 0 Å². The second-order valence-corrected chi connectivity index (χ2v) is 6.21. The molecule has 0 aliphatic carbocycles. The van der Waals surface area contributed by atoms with Gasteiger partial charge >= 0.3 is 0 Å². The number of rotatable bonds is 7. The fourth-order valence-corrected chi connectivity index (χ4v) is 3.31. The topological polar surface area (TPSA) is 45.2 Å². The minimum absolute atomic E-state index is 0.165. The van der Waals surface area contributed by atoms with Gasteiger partial charge in [0.1, 0.15) is 0 Å². The molecule has 0 spiro atoms. The lowest BCUT2D eigenvalue weighted by molar-refractivity contribution is -0.121. The van der Waals surface area contributed by atoms with Crippen LogP contribution in [0.4, 0.5) is 5.13 Å². The molecule has 20 heavy (non-hydrogen) atoms. The SMILES string of the molecule is CCCCC(=O)NCCc1csc(N2CCCCC2)n1. The number of nitrogens with zero attached hydrogens (tertiary/aromatic N) is 2. The van der Waals surface area contributed by atoms with Gasteiger partial charge in [-0.2, -0.15) is 0 Å². The number of thiazole rings is 1. The number of unbranched alkanes of at least 4 members (excludes halogenated alkanes) is 1. The van der Waals surface area contributed by atoms with Gasteiger partial charge < -0.3 is 10.2 Å². The van der Waals surface area contributed by atoms with E-state index in [9.17, 15) is 4.79 Å². The molecule has 0 saturated carbocycles. The Morgan fingerprint density at radius 1 is 1.40 bits per heavy atom. The van der Waals surface area contributed by atoms with Crippen molar-refractivity contribution in [1.82, 2.24) is 10.3 Å². The second kappa shape index (κ2) is 8.25. The van der Waals surface area contributed by atoms with Crippen molar-refractivity contribution in [3.05, 3.63) is 11.1 Å². The third-order valence-corrected chi connectivity index (χ3v) is 4.58. The maximum atomic E-state index is 11.5. The van der Waals surface area contributed by atoms with Crippen LogP contribution < -0.4 is 10.2 Å². The highest BCUT2D eigenvalue weighted by Crippen LogP contribution is 2.23. The van der Waals surface area contributed by atoms with E-state index in [4.69, 9.17) is 0 Å². The van der Waals surface area contributed by atoms with Crippen LogP contribution in [0.1, 0.15) is 51.1 Å². The average Bonchev–Trinajstić information content (AvgIpc) is 2.95. The summed E-state index contributed by atoms with van der Waals surface area (Å²) in [6.45, 7) is 5.08. The Balaban J connectivity index is 1.71. The van der Waals surface area contributed by atoms with E-state index >= 15 is 0 Å². The van der Waals surface area contributed by atoms with Crippen molar-refractivity contribution >= 4 is 22.4 Å². The van der Waals surface area contributed by atoms with Crippen LogP contribution in [0.15, 0.2) is 5.38 Å². The first kappa shape index (κ1) is 15.3. The molecular formula is C15H25N3OS. The Labute approximate surface area is 125 Å². The van der Waals surface area contributed by atoms with E-state index in [0.717, 1.165) is 43.2 Å². The molecule has 4 nitrogen and oxygen atoms in total. The molecule has 1 saturated heterocycles. The van der Waals surface area contributed by atoms with Gasteiger partial charge in [-0.15, -0.1) is 11.3 Å². The number of carbonyl (C=O) groups is 1. The molecule has 5 heteroatoms. The molecule has 0 unspecified atom stereocenters. The van der Waals surface area contributed by atoms with Crippen molar-refractivity contribution in [1.29, 1.82) is 0 Å². The fraction of sp³-hybridized carbons (Fsp3) is 0.733. The number of amides is 1. The third-order valence-electron chi connectivity index (χ3n) is 3.63. The maximum Gasteiger partial charge on any atom is 0.220 e. The fourth-order valence-electron chi connectivity index (χ4n) is 2.40. The molecule has 1 aromatic heterocycles. The first-order valence-electron chi connectivity index (χ1n) is 7.75. The van der Waals surface area contributed by atoms with Gasteiger partial charge in [-0.05, 0) is 25.7 Å². The molecule has 1 aromatic rings. The van der Waals surface area contributed by atoms with Gasteiger partial charge in [0.25, 0.3) is 0 Å². The van der Waals surface area contributed by atoms with E-state index in [1.807, 2.05) is 0 Å². The molecule has 0 radical (unpaired) electrons. The Morgan fingerprint density at radius 2 is 2.20 bits per heavy atom. The van der Waals surface area contributed by atoms with Gasteiger partial charge in [-0.3, -0.25) is 4.79 Å². The molecule has 112 valence electrons. The molecule has 2 rings (SSSR count). The molecule has 1 fully saturated rings. The van der Waals surface area contributed by atoms with Crippen molar-refractivity contribution in [3.8, 4) is 0 Å². The zero-order chi connectivity index (χ0) is 14.2. The first-order chi connectivity index (χ1) is 9.79. The van der Waals surface area contributed by atoms with E-state index < -0.39 is 0 Å². The van der Waals surface area contributed by atoms with E-state index in [1.54, 1.807) is 11.3 Å². The highest BCUT2D eigenvalue weighted by Gasteiger charge is 2.14. The number of nitrogens with one attached hydrogen (secondary N) is 1. The summed E-state index contributed by atoms with van der Waals surface area (Å²) in [6.07, 6.45) is 7.43. The molecular weight excluding hydrogens is 270 g/mol. The van der Waals surface area contributed by atoms with Crippen molar-refractivity contribution in [2.24, 2.45) is 0 Å². The van der Waals surface area contributed by atoms with Crippen LogP contribution in [0.25, 0.3) is 0 Å². The van der Waals surface area contributed by atoms with Crippen molar-refractivity contribution in [3.63, 3.8) is 0 Å². The summed E-state index contributed by atoms with van der Waals surface area (Å²) in [5, 5.41) is 6.24. The molecule has 0 bridgehead atoms. The lowest BCUT2D eigenvalue weighted by atomic mass is 10.1. The predicted octanol–water partition coefficient (Wildman–Crippen LogP) is 2.98. The van der Waals surface area contributed by atoms with Gasteiger partial charge in [-0.25, -0.2) is 4.98 Å². The van der Waals surface area contributed by atoms with Crippen LogP contribution >= 0.6 is 11.3 Å². The Morgan fingerprint density at radius 3 is 2.95 bits per heavy atom. The predicted molar refractivity (Wildman–Crippen MR) is 84.4 cm³/mol.